The van der Waals surface area contributed by atoms with E-state index in [1.165, 1.54) is 19.4 Å². The van der Waals surface area contributed by atoms with Crippen molar-refractivity contribution in [2.24, 2.45) is 5.73 Å². The molecule has 1 amide bonds. The minimum atomic E-state index is -0.487. The number of carbonyl (C=O) groups is 1. The Bertz CT molecular complexity index is 349. The van der Waals surface area contributed by atoms with E-state index in [-0.39, 0.29) is 5.91 Å². The Morgan fingerprint density at radius 2 is 2.25 bits per heavy atom. The number of primary amides is 1. The molecule has 1 saturated heterocycles. The zero-order valence-corrected chi connectivity index (χ0v) is 13.2. The molecule has 2 rings (SSSR count). The van der Waals surface area contributed by atoms with Crippen LogP contribution in [0, 0.1) is 0 Å². The summed E-state index contributed by atoms with van der Waals surface area (Å²) in [5.74, 6) is -0.202. The zero-order chi connectivity index (χ0) is 14.8. The van der Waals surface area contributed by atoms with Crippen molar-refractivity contribution in [3.63, 3.8) is 0 Å². The molecule has 0 radical (unpaired) electrons. The van der Waals surface area contributed by atoms with E-state index in [9.17, 15) is 4.79 Å². The van der Waals surface area contributed by atoms with Crippen LogP contribution in [0.15, 0.2) is 0 Å². The molecule has 5 heteroatoms. The van der Waals surface area contributed by atoms with Crippen LogP contribution >= 0.6 is 0 Å². The van der Waals surface area contributed by atoms with Crippen molar-refractivity contribution < 1.29 is 4.79 Å². The minimum absolute atomic E-state index is 0.202. The van der Waals surface area contributed by atoms with Gasteiger partial charge in [0.05, 0.1) is 5.54 Å². The highest BCUT2D eigenvalue weighted by Gasteiger charge is 2.44. The van der Waals surface area contributed by atoms with Gasteiger partial charge in [0.15, 0.2) is 0 Å². The van der Waals surface area contributed by atoms with Gasteiger partial charge in [0.1, 0.15) is 0 Å². The normalized spacial score (nSPS) is 35.0. The number of hydrogen-bond acceptors (Lipinski definition) is 4. The van der Waals surface area contributed by atoms with Crippen LogP contribution in [0.5, 0.6) is 0 Å². The molecular formula is C15H30N4O. The van der Waals surface area contributed by atoms with E-state index in [4.69, 9.17) is 5.73 Å². The van der Waals surface area contributed by atoms with Gasteiger partial charge < -0.3 is 16.0 Å². The van der Waals surface area contributed by atoms with Gasteiger partial charge in [0.25, 0.3) is 0 Å². The van der Waals surface area contributed by atoms with Gasteiger partial charge in [-0.2, -0.15) is 0 Å². The lowest BCUT2D eigenvalue weighted by molar-refractivity contribution is -0.124. The van der Waals surface area contributed by atoms with Crippen LogP contribution in [0.2, 0.25) is 0 Å². The Kier molecular flexibility index (Phi) is 5.04. The van der Waals surface area contributed by atoms with Crippen LogP contribution < -0.4 is 11.1 Å². The predicted molar refractivity (Wildman–Crippen MR) is 81.5 cm³/mol. The van der Waals surface area contributed by atoms with Gasteiger partial charge in [-0.1, -0.05) is 6.92 Å². The van der Waals surface area contributed by atoms with Crippen LogP contribution in [0.1, 0.15) is 39.0 Å². The SMILES string of the molecule is CCN1CCCC1CN(C)C1CCC(NC)(C(N)=O)C1. The molecule has 0 aromatic carbocycles. The first-order valence-corrected chi connectivity index (χ1v) is 7.95. The Labute approximate surface area is 122 Å². The molecule has 3 atom stereocenters. The second-order valence-corrected chi connectivity index (χ2v) is 6.46. The van der Waals surface area contributed by atoms with E-state index in [1.807, 2.05) is 7.05 Å². The number of amides is 1. The highest BCUT2D eigenvalue weighted by Crippen LogP contribution is 2.33. The van der Waals surface area contributed by atoms with Crippen molar-refractivity contribution in [2.45, 2.75) is 56.7 Å². The highest BCUT2D eigenvalue weighted by atomic mass is 16.1. The lowest BCUT2D eigenvalue weighted by Gasteiger charge is -2.32. The third-order valence-corrected chi connectivity index (χ3v) is 5.47. The van der Waals surface area contributed by atoms with Crippen LogP contribution in [0.25, 0.3) is 0 Å². The summed E-state index contributed by atoms with van der Waals surface area (Å²) in [6.45, 7) is 5.73. The Hall–Kier alpha value is -0.650. The van der Waals surface area contributed by atoms with E-state index >= 15 is 0 Å². The lowest BCUT2D eigenvalue weighted by atomic mass is 9.96. The molecule has 116 valence electrons. The number of hydrogen-bond donors (Lipinski definition) is 2. The predicted octanol–water partition coefficient (Wildman–Crippen LogP) is 0.399. The fraction of sp³-hybridized carbons (Fsp3) is 0.933. The van der Waals surface area contributed by atoms with Crippen LogP contribution in [-0.4, -0.2) is 67.1 Å². The van der Waals surface area contributed by atoms with Gasteiger partial charge in [-0.3, -0.25) is 9.69 Å². The summed E-state index contributed by atoms with van der Waals surface area (Å²) in [6, 6.07) is 1.15. The van der Waals surface area contributed by atoms with E-state index in [0.717, 1.165) is 32.4 Å². The molecule has 1 heterocycles. The number of carbonyl (C=O) groups excluding carboxylic acids is 1. The van der Waals surface area contributed by atoms with Gasteiger partial charge in [0, 0.05) is 18.6 Å². The van der Waals surface area contributed by atoms with E-state index < -0.39 is 5.54 Å². The molecule has 0 spiro atoms. The zero-order valence-electron chi connectivity index (χ0n) is 13.2. The van der Waals surface area contributed by atoms with E-state index in [1.54, 1.807) is 0 Å². The van der Waals surface area contributed by atoms with Gasteiger partial charge in [-0.05, 0) is 59.3 Å². The summed E-state index contributed by atoms with van der Waals surface area (Å²) in [5.41, 5.74) is 5.10. The number of likely N-dealkylation sites (N-methyl/N-ethyl adjacent to an activating group) is 3. The van der Waals surface area contributed by atoms with Gasteiger partial charge >= 0.3 is 0 Å². The second kappa shape index (κ2) is 6.41. The molecule has 2 fully saturated rings. The average molecular weight is 282 g/mol. The van der Waals surface area contributed by atoms with Crippen LogP contribution in [0.3, 0.4) is 0 Å². The molecule has 5 nitrogen and oxygen atoms in total. The molecule has 1 saturated carbocycles. The molecule has 3 unspecified atom stereocenters. The first-order valence-electron chi connectivity index (χ1n) is 7.95. The van der Waals surface area contributed by atoms with Gasteiger partial charge in [-0.25, -0.2) is 0 Å². The molecule has 3 N–H and O–H groups in total. The van der Waals surface area contributed by atoms with Gasteiger partial charge in [0.2, 0.25) is 5.91 Å². The monoisotopic (exact) mass is 282 g/mol. The van der Waals surface area contributed by atoms with Crippen LogP contribution in [-0.2, 0) is 4.79 Å². The van der Waals surface area contributed by atoms with Crippen molar-refractivity contribution in [1.82, 2.24) is 15.1 Å². The molecule has 2 aliphatic rings. The maximum Gasteiger partial charge on any atom is 0.237 e. The smallest absolute Gasteiger partial charge is 0.237 e. The van der Waals surface area contributed by atoms with Crippen molar-refractivity contribution in [2.75, 3.05) is 33.7 Å². The maximum atomic E-state index is 11.7. The maximum absolute atomic E-state index is 11.7. The van der Waals surface area contributed by atoms with Crippen LogP contribution in [0.4, 0.5) is 0 Å². The summed E-state index contributed by atoms with van der Waals surface area (Å²) in [7, 11) is 4.05. The Balaban J connectivity index is 1.91. The topological polar surface area (TPSA) is 61.6 Å². The number of likely N-dealkylation sites (tertiary alicyclic amines) is 1. The number of nitrogens with two attached hydrogens (primary N) is 1. The van der Waals surface area contributed by atoms with E-state index in [0.29, 0.717) is 12.1 Å². The molecule has 0 bridgehead atoms. The van der Waals surface area contributed by atoms with Crippen molar-refractivity contribution in [3.05, 3.63) is 0 Å². The quantitative estimate of drug-likeness (QED) is 0.740. The van der Waals surface area contributed by atoms with E-state index in [2.05, 4.69) is 29.1 Å². The third kappa shape index (κ3) is 3.00. The van der Waals surface area contributed by atoms with Crippen molar-refractivity contribution in [3.8, 4) is 0 Å². The molecule has 20 heavy (non-hydrogen) atoms. The minimum Gasteiger partial charge on any atom is -0.368 e. The van der Waals surface area contributed by atoms with Gasteiger partial charge in [-0.15, -0.1) is 0 Å². The molecule has 1 aliphatic heterocycles. The van der Waals surface area contributed by atoms with Crippen molar-refractivity contribution >= 4 is 5.91 Å². The lowest BCUT2D eigenvalue weighted by Crippen LogP contribution is -2.53. The molecule has 0 aromatic heterocycles. The largest absolute Gasteiger partial charge is 0.368 e. The summed E-state index contributed by atoms with van der Waals surface area (Å²) < 4.78 is 0. The number of rotatable bonds is 6. The number of nitrogens with zero attached hydrogens (tertiary/aromatic N) is 2. The molecule has 0 aromatic rings. The summed E-state index contributed by atoms with van der Waals surface area (Å²) in [4.78, 5) is 16.7. The second-order valence-electron chi connectivity index (χ2n) is 6.46. The molecule has 1 aliphatic carbocycles. The van der Waals surface area contributed by atoms with Crippen molar-refractivity contribution in [1.29, 1.82) is 0 Å². The first kappa shape index (κ1) is 15.7. The summed E-state index contributed by atoms with van der Waals surface area (Å²) >= 11 is 0. The molecular weight excluding hydrogens is 252 g/mol. The third-order valence-electron chi connectivity index (χ3n) is 5.47. The Morgan fingerprint density at radius 1 is 1.50 bits per heavy atom. The fourth-order valence-corrected chi connectivity index (χ4v) is 3.97. The summed E-state index contributed by atoms with van der Waals surface area (Å²) in [6.07, 6.45) is 5.37. The summed E-state index contributed by atoms with van der Waals surface area (Å²) in [5, 5.41) is 3.16. The number of nitrogens with one attached hydrogen (secondary N) is 1. The Morgan fingerprint density at radius 3 is 2.80 bits per heavy atom. The highest BCUT2D eigenvalue weighted by molar-refractivity contribution is 5.85. The average Bonchev–Trinajstić information content (AvgIpc) is 3.05. The standard InChI is InChI=1S/C15H30N4O/c1-4-19-9-5-6-13(19)11-18(3)12-7-8-15(10-12,17-2)14(16)20/h12-13,17H,4-11H2,1-3H3,(H2,16,20). The first-order chi connectivity index (χ1) is 9.52. The fourth-order valence-electron chi connectivity index (χ4n) is 3.97.